The van der Waals surface area contributed by atoms with Crippen molar-refractivity contribution in [2.75, 3.05) is 5.73 Å². The Labute approximate surface area is 123 Å². The first-order valence-electron chi connectivity index (χ1n) is 5.26. The summed E-state index contributed by atoms with van der Waals surface area (Å²) in [6.07, 6.45) is 0. The highest BCUT2D eigenvalue weighted by molar-refractivity contribution is 9.13. The molecule has 0 fully saturated rings. The van der Waals surface area contributed by atoms with Gasteiger partial charge < -0.3 is 5.73 Å². The van der Waals surface area contributed by atoms with E-state index in [0.29, 0.717) is 31.8 Å². The lowest BCUT2D eigenvalue weighted by Crippen LogP contribution is -2.18. The maximum absolute atomic E-state index is 11.8. The molecular weight excluding hydrogens is 378 g/mol. The van der Waals surface area contributed by atoms with Gasteiger partial charge in [-0.3, -0.25) is 0 Å². The van der Waals surface area contributed by atoms with Crippen molar-refractivity contribution < 1.29 is 0 Å². The highest BCUT2D eigenvalue weighted by Crippen LogP contribution is 2.29. The van der Waals surface area contributed by atoms with E-state index in [1.165, 1.54) is 4.40 Å². The number of aromatic nitrogens is 4. The number of nitrogens with zero attached hydrogens (tertiary/aromatic N) is 3. The highest BCUT2D eigenvalue weighted by atomic mass is 79.9. The number of fused-ring (bicyclic) bond motifs is 1. The third-order valence-electron chi connectivity index (χ3n) is 2.68. The molecule has 0 saturated heterocycles. The van der Waals surface area contributed by atoms with Crippen LogP contribution in [-0.4, -0.2) is 19.6 Å². The van der Waals surface area contributed by atoms with Crippen LogP contribution in [0.15, 0.2) is 38.3 Å². The van der Waals surface area contributed by atoms with Gasteiger partial charge in [0.1, 0.15) is 14.9 Å². The zero-order valence-corrected chi connectivity index (χ0v) is 12.6. The number of aromatic amines is 1. The minimum absolute atomic E-state index is 0.377. The van der Waals surface area contributed by atoms with Crippen molar-refractivity contribution in [1.82, 2.24) is 19.6 Å². The molecule has 0 aliphatic rings. The number of imidazole rings is 1. The molecule has 2 aromatic heterocycles. The fourth-order valence-corrected chi connectivity index (χ4v) is 2.58. The van der Waals surface area contributed by atoms with Crippen molar-refractivity contribution in [3.05, 3.63) is 44.0 Å². The van der Waals surface area contributed by atoms with Crippen LogP contribution in [0.2, 0.25) is 0 Å². The first kappa shape index (κ1) is 12.4. The molecular formula is C11H7Br2N5O. The monoisotopic (exact) mass is 383 g/mol. The van der Waals surface area contributed by atoms with Crippen LogP contribution in [0.3, 0.4) is 0 Å². The van der Waals surface area contributed by atoms with E-state index in [-0.39, 0.29) is 5.69 Å². The van der Waals surface area contributed by atoms with Crippen LogP contribution in [0.1, 0.15) is 0 Å². The van der Waals surface area contributed by atoms with Crippen LogP contribution in [0.5, 0.6) is 0 Å². The Morgan fingerprint density at radius 1 is 1.26 bits per heavy atom. The zero-order valence-electron chi connectivity index (χ0n) is 9.39. The van der Waals surface area contributed by atoms with Gasteiger partial charge >= 0.3 is 5.69 Å². The lowest BCUT2D eigenvalue weighted by Gasteiger charge is -2.05. The quantitative estimate of drug-likeness (QED) is 0.629. The van der Waals surface area contributed by atoms with Gasteiger partial charge in [-0.05, 0) is 37.9 Å². The SMILES string of the molecule is Nc1ccccc1-c1n[nH]c(=O)n2c(Br)c(Br)nc12. The van der Waals surface area contributed by atoms with Gasteiger partial charge in [0, 0.05) is 11.3 Å². The molecule has 1 aromatic carbocycles. The molecule has 0 spiro atoms. The topological polar surface area (TPSA) is 89.1 Å². The fourth-order valence-electron chi connectivity index (χ4n) is 1.82. The van der Waals surface area contributed by atoms with E-state index >= 15 is 0 Å². The van der Waals surface area contributed by atoms with Crippen LogP contribution in [0, 0.1) is 0 Å². The number of hydrogen-bond acceptors (Lipinski definition) is 4. The summed E-state index contributed by atoms with van der Waals surface area (Å²) in [6.45, 7) is 0. The Kier molecular flexibility index (Phi) is 2.90. The predicted molar refractivity (Wildman–Crippen MR) is 78.9 cm³/mol. The van der Waals surface area contributed by atoms with E-state index < -0.39 is 0 Å². The molecule has 0 unspecified atom stereocenters. The molecule has 2 heterocycles. The van der Waals surface area contributed by atoms with Gasteiger partial charge in [0.05, 0.1) is 0 Å². The van der Waals surface area contributed by atoms with Crippen molar-refractivity contribution in [1.29, 1.82) is 0 Å². The van der Waals surface area contributed by atoms with Gasteiger partial charge in [0.25, 0.3) is 0 Å². The molecule has 0 atom stereocenters. The number of benzene rings is 1. The van der Waals surface area contributed by atoms with E-state index in [1.54, 1.807) is 6.07 Å². The molecule has 0 bridgehead atoms. The number of halogens is 2. The van der Waals surface area contributed by atoms with Gasteiger partial charge in [0.2, 0.25) is 0 Å². The first-order chi connectivity index (χ1) is 9.09. The number of nitrogens with one attached hydrogen (secondary N) is 1. The molecule has 0 aliphatic carbocycles. The number of para-hydroxylation sites is 1. The fraction of sp³-hybridized carbons (Fsp3) is 0. The maximum atomic E-state index is 11.8. The van der Waals surface area contributed by atoms with Gasteiger partial charge in [-0.2, -0.15) is 5.10 Å². The number of nitrogens with two attached hydrogens (primary N) is 1. The number of hydrogen-bond donors (Lipinski definition) is 2. The van der Waals surface area contributed by atoms with Crippen LogP contribution in [-0.2, 0) is 0 Å². The summed E-state index contributed by atoms with van der Waals surface area (Å²) < 4.78 is 2.45. The van der Waals surface area contributed by atoms with E-state index in [1.807, 2.05) is 18.2 Å². The third-order valence-corrected chi connectivity index (χ3v) is 4.49. The summed E-state index contributed by atoms with van der Waals surface area (Å²) in [7, 11) is 0. The highest BCUT2D eigenvalue weighted by Gasteiger charge is 2.17. The van der Waals surface area contributed by atoms with Crippen molar-refractivity contribution >= 4 is 43.2 Å². The molecule has 3 rings (SSSR count). The predicted octanol–water partition coefficient (Wildman–Crippen LogP) is 2.19. The van der Waals surface area contributed by atoms with E-state index in [4.69, 9.17) is 5.73 Å². The molecule has 0 aliphatic heterocycles. The normalized spacial score (nSPS) is 11.1. The number of nitrogen functional groups attached to an aromatic ring is 1. The summed E-state index contributed by atoms with van der Waals surface area (Å²) in [5.41, 5.74) is 7.79. The van der Waals surface area contributed by atoms with Gasteiger partial charge in [-0.1, -0.05) is 18.2 Å². The Hall–Kier alpha value is -1.67. The molecule has 8 heteroatoms. The lowest BCUT2D eigenvalue weighted by molar-refractivity contribution is 0.881. The minimum Gasteiger partial charge on any atom is -0.398 e. The smallest absolute Gasteiger partial charge is 0.348 e. The van der Waals surface area contributed by atoms with Crippen LogP contribution < -0.4 is 11.4 Å². The van der Waals surface area contributed by atoms with Crippen LogP contribution in [0.25, 0.3) is 16.9 Å². The van der Waals surface area contributed by atoms with Crippen LogP contribution in [0.4, 0.5) is 5.69 Å². The summed E-state index contributed by atoms with van der Waals surface area (Å²) in [4.78, 5) is 16.1. The summed E-state index contributed by atoms with van der Waals surface area (Å²) in [5, 5.41) is 6.48. The van der Waals surface area contributed by atoms with Crippen molar-refractivity contribution in [3.63, 3.8) is 0 Å². The molecule has 6 nitrogen and oxygen atoms in total. The molecule has 96 valence electrons. The average Bonchev–Trinajstić information content (AvgIpc) is 2.69. The van der Waals surface area contributed by atoms with Gasteiger partial charge in [-0.25, -0.2) is 19.3 Å². The summed E-state index contributed by atoms with van der Waals surface area (Å²) >= 11 is 6.58. The van der Waals surface area contributed by atoms with Gasteiger partial charge in [-0.15, -0.1) is 0 Å². The number of rotatable bonds is 1. The minimum atomic E-state index is -0.377. The standard InChI is InChI=1S/C11H7Br2N5O/c12-8-9(13)18-10(15-8)7(16-17-11(18)19)5-3-1-2-4-6(5)14/h1-4H,14H2,(H,17,19). The molecule has 19 heavy (non-hydrogen) atoms. The Morgan fingerprint density at radius 3 is 2.74 bits per heavy atom. The number of anilines is 1. The Morgan fingerprint density at radius 2 is 2.00 bits per heavy atom. The molecule has 3 aromatic rings. The maximum Gasteiger partial charge on any atom is 0.348 e. The first-order valence-corrected chi connectivity index (χ1v) is 6.85. The van der Waals surface area contributed by atoms with Crippen LogP contribution >= 0.6 is 31.9 Å². The number of H-pyrrole nitrogens is 1. The molecule has 0 amide bonds. The van der Waals surface area contributed by atoms with Crippen molar-refractivity contribution in [3.8, 4) is 11.3 Å². The molecule has 0 saturated carbocycles. The van der Waals surface area contributed by atoms with E-state index in [0.717, 1.165) is 0 Å². The second-order valence-electron chi connectivity index (χ2n) is 3.82. The Balaban J connectivity index is 2.44. The van der Waals surface area contributed by atoms with Gasteiger partial charge in [0.15, 0.2) is 5.65 Å². The second kappa shape index (κ2) is 4.46. The van der Waals surface area contributed by atoms with Crippen molar-refractivity contribution in [2.24, 2.45) is 0 Å². The van der Waals surface area contributed by atoms with Crippen molar-refractivity contribution in [2.45, 2.75) is 0 Å². The average molecular weight is 385 g/mol. The molecule has 3 N–H and O–H groups in total. The zero-order chi connectivity index (χ0) is 13.6. The van der Waals surface area contributed by atoms with E-state index in [2.05, 4.69) is 47.0 Å². The Bertz CT molecular complexity index is 839. The lowest BCUT2D eigenvalue weighted by atomic mass is 10.1. The largest absolute Gasteiger partial charge is 0.398 e. The van der Waals surface area contributed by atoms with E-state index in [9.17, 15) is 4.79 Å². The summed E-state index contributed by atoms with van der Waals surface area (Å²) in [6, 6.07) is 7.28. The third kappa shape index (κ3) is 1.87. The molecule has 0 radical (unpaired) electrons. The summed E-state index contributed by atoms with van der Waals surface area (Å²) in [5.74, 6) is 0. The second-order valence-corrected chi connectivity index (χ2v) is 5.32.